The Kier molecular flexibility index (Phi) is 1.84. The fraction of sp³-hybridized carbons (Fsp3) is 0.250. The van der Waals surface area contributed by atoms with Gasteiger partial charge in [0.05, 0.1) is 0 Å². The van der Waals surface area contributed by atoms with Gasteiger partial charge in [-0.25, -0.2) is 9.37 Å². The molecule has 1 aromatic heterocycles. The number of hydrogen-bond acceptors (Lipinski definition) is 1. The van der Waals surface area contributed by atoms with Crippen molar-refractivity contribution < 1.29 is 4.39 Å². The lowest BCUT2D eigenvalue weighted by Gasteiger charge is -1.96. The van der Waals surface area contributed by atoms with Crippen molar-refractivity contribution in [3.05, 3.63) is 42.0 Å². The number of H-pyrrole nitrogens is 1. The number of rotatable bonds is 2. The van der Waals surface area contributed by atoms with Gasteiger partial charge in [0.15, 0.2) is 0 Å². The Bertz CT molecular complexity index is 469. The monoisotopic (exact) mass is 202 g/mol. The highest BCUT2D eigenvalue weighted by atomic mass is 19.1. The molecule has 1 aliphatic rings. The molecule has 0 bridgehead atoms. The van der Waals surface area contributed by atoms with Gasteiger partial charge in [-0.2, -0.15) is 0 Å². The minimum absolute atomic E-state index is 0.215. The second-order valence-corrected chi connectivity index (χ2v) is 3.97. The first kappa shape index (κ1) is 8.65. The Morgan fingerprint density at radius 1 is 1.20 bits per heavy atom. The summed E-state index contributed by atoms with van der Waals surface area (Å²) >= 11 is 0. The average molecular weight is 202 g/mol. The van der Waals surface area contributed by atoms with Crippen molar-refractivity contribution in [3.63, 3.8) is 0 Å². The fourth-order valence-corrected chi connectivity index (χ4v) is 1.69. The van der Waals surface area contributed by atoms with Crippen molar-refractivity contribution in [2.45, 2.75) is 18.8 Å². The lowest BCUT2D eigenvalue weighted by molar-refractivity contribution is 0.628. The van der Waals surface area contributed by atoms with Gasteiger partial charge in [-0.1, -0.05) is 0 Å². The fourth-order valence-electron chi connectivity index (χ4n) is 1.69. The highest BCUT2D eigenvalue weighted by molar-refractivity contribution is 5.55. The van der Waals surface area contributed by atoms with Crippen LogP contribution in [-0.4, -0.2) is 9.97 Å². The lowest BCUT2D eigenvalue weighted by Crippen LogP contribution is -1.82. The van der Waals surface area contributed by atoms with Crippen LogP contribution in [0.2, 0.25) is 0 Å². The Labute approximate surface area is 87.2 Å². The zero-order valence-corrected chi connectivity index (χ0v) is 8.20. The maximum absolute atomic E-state index is 12.7. The third kappa shape index (κ3) is 1.65. The molecule has 3 rings (SSSR count). The molecule has 1 aromatic carbocycles. The Balaban J connectivity index is 1.93. The molecule has 1 aliphatic carbocycles. The highest BCUT2D eigenvalue weighted by Gasteiger charge is 2.25. The standard InChI is InChI=1S/C12H11FN2/c13-10-5-3-9(4-6-10)12-14-7-11(15-12)8-1-2-8/h3-8H,1-2H2,(H,14,15). The molecule has 0 radical (unpaired) electrons. The Hall–Kier alpha value is -1.64. The summed E-state index contributed by atoms with van der Waals surface area (Å²) < 4.78 is 12.7. The van der Waals surface area contributed by atoms with Crippen molar-refractivity contribution in [3.8, 4) is 11.4 Å². The van der Waals surface area contributed by atoms with E-state index in [2.05, 4.69) is 9.97 Å². The number of imidazole rings is 1. The first-order valence-corrected chi connectivity index (χ1v) is 5.14. The van der Waals surface area contributed by atoms with Gasteiger partial charge < -0.3 is 4.98 Å². The molecule has 3 heteroatoms. The van der Waals surface area contributed by atoms with Gasteiger partial charge in [0.1, 0.15) is 11.6 Å². The van der Waals surface area contributed by atoms with Crippen molar-refractivity contribution >= 4 is 0 Å². The summed E-state index contributed by atoms with van der Waals surface area (Å²) in [7, 11) is 0. The maximum Gasteiger partial charge on any atom is 0.137 e. The summed E-state index contributed by atoms with van der Waals surface area (Å²) in [6.07, 6.45) is 4.40. The zero-order valence-electron chi connectivity index (χ0n) is 8.20. The lowest BCUT2D eigenvalue weighted by atomic mass is 10.2. The highest BCUT2D eigenvalue weighted by Crippen LogP contribution is 2.39. The molecule has 0 unspecified atom stereocenters. The van der Waals surface area contributed by atoms with Crippen LogP contribution in [0.5, 0.6) is 0 Å². The predicted molar refractivity (Wildman–Crippen MR) is 56.0 cm³/mol. The molecule has 1 N–H and O–H groups in total. The van der Waals surface area contributed by atoms with Crippen molar-refractivity contribution in [1.82, 2.24) is 9.97 Å². The molecule has 0 atom stereocenters. The molecule has 1 fully saturated rings. The van der Waals surface area contributed by atoms with E-state index < -0.39 is 0 Å². The van der Waals surface area contributed by atoms with Crippen molar-refractivity contribution in [2.75, 3.05) is 0 Å². The minimum Gasteiger partial charge on any atom is -0.342 e. The molecule has 76 valence electrons. The molecular weight excluding hydrogens is 191 g/mol. The number of nitrogens with zero attached hydrogens (tertiary/aromatic N) is 1. The first-order chi connectivity index (χ1) is 7.33. The predicted octanol–water partition coefficient (Wildman–Crippen LogP) is 3.09. The number of nitrogens with one attached hydrogen (secondary N) is 1. The number of aromatic nitrogens is 2. The van der Waals surface area contributed by atoms with E-state index in [-0.39, 0.29) is 5.82 Å². The average Bonchev–Trinajstić information content (AvgIpc) is 2.99. The Morgan fingerprint density at radius 2 is 1.93 bits per heavy atom. The molecule has 0 spiro atoms. The van der Waals surface area contributed by atoms with Crippen molar-refractivity contribution in [1.29, 1.82) is 0 Å². The zero-order chi connectivity index (χ0) is 10.3. The third-order valence-electron chi connectivity index (χ3n) is 2.73. The smallest absolute Gasteiger partial charge is 0.137 e. The van der Waals surface area contributed by atoms with Crippen molar-refractivity contribution in [2.24, 2.45) is 0 Å². The van der Waals surface area contributed by atoms with E-state index in [4.69, 9.17) is 0 Å². The SMILES string of the molecule is Fc1ccc(-c2ncc(C3CC3)[nH]2)cc1. The molecular formula is C12H11FN2. The van der Waals surface area contributed by atoms with E-state index in [0.717, 1.165) is 11.4 Å². The summed E-state index contributed by atoms with van der Waals surface area (Å²) in [6, 6.07) is 6.39. The van der Waals surface area contributed by atoms with E-state index in [1.807, 2.05) is 6.20 Å². The molecule has 0 saturated heterocycles. The molecule has 2 aromatic rings. The van der Waals surface area contributed by atoms with E-state index in [1.165, 1.54) is 30.7 Å². The second-order valence-electron chi connectivity index (χ2n) is 3.97. The van der Waals surface area contributed by atoms with Gasteiger partial charge in [0.2, 0.25) is 0 Å². The Morgan fingerprint density at radius 3 is 2.60 bits per heavy atom. The minimum atomic E-state index is -0.215. The van der Waals surface area contributed by atoms with Gasteiger partial charge >= 0.3 is 0 Å². The summed E-state index contributed by atoms with van der Waals surface area (Å²) in [4.78, 5) is 7.58. The van der Waals surface area contributed by atoms with E-state index in [1.54, 1.807) is 12.1 Å². The molecule has 2 nitrogen and oxygen atoms in total. The number of hydrogen-bond donors (Lipinski definition) is 1. The summed E-state index contributed by atoms with van der Waals surface area (Å²) in [5.74, 6) is 1.29. The van der Waals surface area contributed by atoms with Crippen LogP contribution in [0.1, 0.15) is 24.5 Å². The molecule has 15 heavy (non-hydrogen) atoms. The third-order valence-corrected chi connectivity index (χ3v) is 2.73. The number of benzene rings is 1. The van der Waals surface area contributed by atoms with Crippen LogP contribution in [0.15, 0.2) is 30.5 Å². The van der Waals surface area contributed by atoms with Gasteiger partial charge in [0, 0.05) is 23.4 Å². The molecule has 0 amide bonds. The molecule has 1 saturated carbocycles. The second kappa shape index (κ2) is 3.19. The van der Waals surface area contributed by atoms with E-state index >= 15 is 0 Å². The summed E-state index contributed by atoms with van der Waals surface area (Å²) in [6.45, 7) is 0. The summed E-state index contributed by atoms with van der Waals surface area (Å²) in [5, 5.41) is 0. The van der Waals surface area contributed by atoms with Crippen LogP contribution in [0.25, 0.3) is 11.4 Å². The van der Waals surface area contributed by atoms with Gasteiger partial charge in [0.25, 0.3) is 0 Å². The van der Waals surface area contributed by atoms with Gasteiger partial charge in [-0.3, -0.25) is 0 Å². The van der Waals surface area contributed by atoms with Crippen LogP contribution in [-0.2, 0) is 0 Å². The van der Waals surface area contributed by atoms with Crippen LogP contribution in [0.3, 0.4) is 0 Å². The normalized spacial score (nSPS) is 15.5. The van der Waals surface area contributed by atoms with Crippen LogP contribution < -0.4 is 0 Å². The first-order valence-electron chi connectivity index (χ1n) is 5.14. The van der Waals surface area contributed by atoms with E-state index in [9.17, 15) is 4.39 Å². The number of halogens is 1. The van der Waals surface area contributed by atoms with Crippen LogP contribution in [0, 0.1) is 5.82 Å². The molecule has 0 aliphatic heterocycles. The summed E-state index contributed by atoms with van der Waals surface area (Å²) in [5.41, 5.74) is 2.14. The number of aromatic amines is 1. The van der Waals surface area contributed by atoms with E-state index in [0.29, 0.717) is 5.92 Å². The largest absolute Gasteiger partial charge is 0.342 e. The molecule has 1 heterocycles. The van der Waals surface area contributed by atoms with Crippen LogP contribution in [0.4, 0.5) is 4.39 Å². The maximum atomic E-state index is 12.7. The van der Waals surface area contributed by atoms with Gasteiger partial charge in [-0.05, 0) is 37.1 Å². The van der Waals surface area contributed by atoms with Gasteiger partial charge in [-0.15, -0.1) is 0 Å². The topological polar surface area (TPSA) is 28.7 Å². The quantitative estimate of drug-likeness (QED) is 0.796. The van der Waals surface area contributed by atoms with Crippen LogP contribution >= 0.6 is 0 Å².